The van der Waals surface area contributed by atoms with Gasteiger partial charge in [0.05, 0.1) is 0 Å². The molecule has 1 aromatic carbocycles. The van der Waals surface area contributed by atoms with Crippen LogP contribution in [0, 0.1) is 5.92 Å². The van der Waals surface area contributed by atoms with Crippen LogP contribution in [0.15, 0.2) is 24.3 Å². The van der Waals surface area contributed by atoms with E-state index in [2.05, 4.69) is 5.32 Å². The number of carboxylic acid groups (broad SMARTS) is 1. The van der Waals surface area contributed by atoms with E-state index < -0.39 is 5.97 Å². The Bertz CT molecular complexity index is 498. The lowest BCUT2D eigenvalue weighted by Gasteiger charge is -2.11. The van der Waals surface area contributed by atoms with Crippen molar-refractivity contribution >= 4 is 17.6 Å². The molecule has 2 rings (SSSR count). The molecule has 1 saturated carbocycles. The van der Waals surface area contributed by atoms with Gasteiger partial charge in [-0.2, -0.15) is 0 Å². The van der Waals surface area contributed by atoms with Crippen LogP contribution in [0.4, 0.5) is 5.69 Å². The number of amides is 1. The maximum absolute atomic E-state index is 11.8. The zero-order valence-electron chi connectivity index (χ0n) is 11.3. The molecule has 0 spiro atoms. The first-order chi connectivity index (χ1) is 9.54. The number of benzene rings is 1. The van der Waals surface area contributed by atoms with Gasteiger partial charge in [-0.1, -0.05) is 12.1 Å². The van der Waals surface area contributed by atoms with Gasteiger partial charge < -0.3 is 16.2 Å². The minimum Gasteiger partial charge on any atom is -0.481 e. The number of aryl methyl sites for hydroxylation is 1. The van der Waals surface area contributed by atoms with Crippen LogP contribution < -0.4 is 11.1 Å². The Labute approximate surface area is 118 Å². The number of nitrogens with two attached hydrogens (primary N) is 1. The van der Waals surface area contributed by atoms with Crippen LogP contribution in [0.5, 0.6) is 0 Å². The fourth-order valence-electron chi connectivity index (χ4n) is 2.17. The molecule has 1 atom stereocenters. The van der Waals surface area contributed by atoms with Crippen molar-refractivity contribution in [3.63, 3.8) is 0 Å². The molecule has 1 aromatic rings. The number of nitrogens with one attached hydrogen (secondary N) is 1. The van der Waals surface area contributed by atoms with E-state index in [1.807, 2.05) is 18.2 Å². The van der Waals surface area contributed by atoms with E-state index in [1.54, 1.807) is 6.07 Å². The molecular weight excluding hydrogens is 256 g/mol. The molecule has 108 valence electrons. The van der Waals surface area contributed by atoms with Crippen LogP contribution >= 0.6 is 0 Å². The summed E-state index contributed by atoms with van der Waals surface area (Å²) in [4.78, 5) is 22.4. The van der Waals surface area contributed by atoms with Crippen LogP contribution in [-0.2, 0) is 16.0 Å². The van der Waals surface area contributed by atoms with Gasteiger partial charge in [0.25, 0.3) is 0 Å². The van der Waals surface area contributed by atoms with Crippen LogP contribution in [0.3, 0.4) is 0 Å². The first kappa shape index (κ1) is 14.5. The highest BCUT2D eigenvalue weighted by Crippen LogP contribution is 2.32. The maximum Gasteiger partial charge on any atom is 0.303 e. The summed E-state index contributed by atoms with van der Waals surface area (Å²) in [6.45, 7) is 0. The Morgan fingerprint density at radius 1 is 1.40 bits per heavy atom. The second-order valence-electron chi connectivity index (χ2n) is 5.35. The molecule has 1 unspecified atom stereocenters. The van der Waals surface area contributed by atoms with Crippen molar-refractivity contribution in [2.24, 2.45) is 11.7 Å². The van der Waals surface area contributed by atoms with Crippen LogP contribution in [0.25, 0.3) is 0 Å². The predicted octanol–water partition coefficient (Wildman–Crippen LogP) is 1.77. The Morgan fingerprint density at radius 2 is 2.15 bits per heavy atom. The Kier molecular flexibility index (Phi) is 4.74. The Morgan fingerprint density at radius 3 is 2.80 bits per heavy atom. The third kappa shape index (κ3) is 4.66. The molecule has 0 aliphatic heterocycles. The van der Waals surface area contributed by atoms with E-state index in [9.17, 15) is 9.59 Å². The standard InChI is InChI=1S/C15H20N2O3/c16-13(11-5-6-11)9-14(18)17-12-3-1-2-10(8-12)4-7-15(19)20/h1-3,8,11,13H,4-7,9,16H2,(H,17,18)(H,19,20). The largest absolute Gasteiger partial charge is 0.481 e. The van der Waals surface area contributed by atoms with Gasteiger partial charge in [-0.25, -0.2) is 0 Å². The van der Waals surface area contributed by atoms with E-state index in [1.165, 1.54) is 0 Å². The summed E-state index contributed by atoms with van der Waals surface area (Å²) in [7, 11) is 0. The Hall–Kier alpha value is -1.88. The minimum atomic E-state index is -0.824. The number of rotatable bonds is 7. The molecule has 0 saturated heterocycles. The lowest BCUT2D eigenvalue weighted by atomic mass is 10.1. The quantitative estimate of drug-likeness (QED) is 0.707. The van der Waals surface area contributed by atoms with Gasteiger partial charge in [-0.3, -0.25) is 9.59 Å². The predicted molar refractivity (Wildman–Crippen MR) is 76.3 cm³/mol. The van der Waals surface area contributed by atoms with Crippen molar-refractivity contribution in [3.05, 3.63) is 29.8 Å². The van der Waals surface area contributed by atoms with E-state index in [4.69, 9.17) is 10.8 Å². The zero-order valence-corrected chi connectivity index (χ0v) is 11.3. The summed E-state index contributed by atoms with van der Waals surface area (Å²) in [6.07, 6.45) is 3.13. The van der Waals surface area contributed by atoms with Gasteiger partial charge in [0.1, 0.15) is 0 Å². The smallest absolute Gasteiger partial charge is 0.303 e. The second kappa shape index (κ2) is 6.52. The molecule has 4 N–H and O–H groups in total. The average molecular weight is 276 g/mol. The van der Waals surface area contributed by atoms with Gasteiger partial charge in [0.15, 0.2) is 0 Å². The molecule has 0 heterocycles. The van der Waals surface area contributed by atoms with E-state index in [0.717, 1.165) is 18.4 Å². The van der Waals surface area contributed by atoms with Crippen molar-refractivity contribution in [3.8, 4) is 0 Å². The molecule has 1 fully saturated rings. The molecule has 1 amide bonds. The van der Waals surface area contributed by atoms with Crippen molar-refractivity contribution in [2.75, 3.05) is 5.32 Å². The molecule has 20 heavy (non-hydrogen) atoms. The lowest BCUT2D eigenvalue weighted by molar-refractivity contribution is -0.137. The van der Waals surface area contributed by atoms with E-state index >= 15 is 0 Å². The van der Waals surface area contributed by atoms with Gasteiger partial charge in [0.2, 0.25) is 5.91 Å². The van der Waals surface area contributed by atoms with Crippen molar-refractivity contribution in [1.29, 1.82) is 0 Å². The molecule has 0 radical (unpaired) electrons. The molecule has 0 aromatic heterocycles. The fraction of sp³-hybridized carbons (Fsp3) is 0.467. The average Bonchev–Trinajstić information content (AvgIpc) is 3.20. The summed E-state index contributed by atoms with van der Waals surface area (Å²) in [5.74, 6) is -0.405. The van der Waals surface area contributed by atoms with Gasteiger partial charge in [0, 0.05) is 24.6 Å². The Balaban J connectivity index is 1.86. The fourth-order valence-corrected chi connectivity index (χ4v) is 2.17. The second-order valence-corrected chi connectivity index (χ2v) is 5.35. The molecule has 5 nitrogen and oxygen atoms in total. The van der Waals surface area contributed by atoms with Crippen LogP contribution in [0.1, 0.15) is 31.2 Å². The number of hydrogen-bond acceptors (Lipinski definition) is 3. The first-order valence-corrected chi connectivity index (χ1v) is 6.91. The molecule has 1 aliphatic carbocycles. The van der Waals surface area contributed by atoms with E-state index in [0.29, 0.717) is 24.4 Å². The third-order valence-corrected chi connectivity index (χ3v) is 3.49. The molecular formula is C15H20N2O3. The number of anilines is 1. The monoisotopic (exact) mass is 276 g/mol. The number of carbonyl (C=O) groups excluding carboxylic acids is 1. The summed E-state index contributed by atoms with van der Waals surface area (Å²) in [5, 5.41) is 11.5. The topological polar surface area (TPSA) is 92.4 Å². The summed E-state index contributed by atoms with van der Waals surface area (Å²) in [5.41, 5.74) is 7.51. The number of carbonyl (C=O) groups is 2. The normalized spacial score (nSPS) is 15.7. The highest BCUT2D eigenvalue weighted by atomic mass is 16.4. The summed E-state index contributed by atoms with van der Waals surface area (Å²) < 4.78 is 0. The molecule has 1 aliphatic rings. The molecule has 5 heteroatoms. The number of hydrogen-bond donors (Lipinski definition) is 3. The third-order valence-electron chi connectivity index (χ3n) is 3.49. The van der Waals surface area contributed by atoms with Crippen molar-refractivity contribution in [2.45, 2.75) is 38.1 Å². The lowest BCUT2D eigenvalue weighted by Crippen LogP contribution is -2.28. The zero-order chi connectivity index (χ0) is 14.5. The number of aliphatic carboxylic acids is 1. The molecule has 0 bridgehead atoms. The summed E-state index contributed by atoms with van der Waals surface area (Å²) in [6, 6.07) is 7.22. The van der Waals surface area contributed by atoms with Crippen LogP contribution in [0.2, 0.25) is 0 Å². The highest BCUT2D eigenvalue weighted by Gasteiger charge is 2.29. The van der Waals surface area contributed by atoms with Crippen LogP contribution in [-0.4, -0.2) is 23.0 Å². The first-order valence-electron chi connectivity index (χ1n) is 6.91. The minimum absolute atomic E-state index is 0.0507. The van der Waals surface area contributed by atoms with Crippen molar-refractivity contribution in [1.82, 2.24) is 0 Å². The van der Waals surface area contributed by atoms with Gasteiger partial charge >= 0.3 is 5.97 Å². The van der Waals surface area contributed by atoms with Gasteiger partial charge in [-0.05, 0) is 42.9 Å². The maximum atomic E-state index is 11.8. The van der Waals surface area contributed by atoms with Gasteiger partial charge in [-0.15, -0.1) is 0 Å². The number of carboxylic acids is 1. The highest BCUT2D eigenvalue weighted by molar-refractivity contribution is 5.91. The van der Waals surface area contributed by atoms with E-state index in [-0.39, 0.29) is 18.4 Å². The van der Waals surface area contributed by atoms with Crippen molar-refractivity contribution < 1.29 is 14.7 Å². The SMILES string of the molecule is NC(CC(=O)Nc1cccc(CCC(=O)O)c1)C1CC1. The summed E-state index contributed by atoms with van der Waals surface area (Å²) >= 11 is 0.